The summed E-state index contributed by atoms with van der Waals surface area (Å²) in [5.74, 6) is -0.700. The number of aliphatic hydroxyl groups excluding tert-OH is 2. The Bertz CT molecular complexity index is 660. The summed E-state index contributed by atoms with van der Waals surface area (Å²) in [6, 6.07) is 7.97. The van der Waals surface area contributed by atoms with Gasteiger partial charge in [0.1, 0.15) is 0 Å². The lowest BCUT2D eigenvalue weighted by atomic mass is 9.84. The minimum absolute atomic E-state index is 0.0519. The molecule has 5 heteroatoms. The number of allylic oxidation sites excluding steroid dienone is 2. The number of benzene rings is 1. The Morgan fingerprint density at radius 2 is 2.07 bits per heavy atom. The molecule has 0 aliphatic heterocycles. The van der Waals surface area contributed by atoms with Gasteiger partial charge in [-0.1, -0.05) is 62.6 Å². The molecule has 0 saturated heterocycles. The maximum atomic E-state index is 10.7. The number of unbranched alkanes of at least 4 members (excludes halogenated alkanes) is 3. The van der Waals surface area contributed by atoms with Crippen molar-refractivity contribution in [3.8, 4) is 0 Å². The first-order chi connectivity index (χ1) is 13.9. The SMILES string of the molecule is CCCCCC(O)c1cccc([C@@H]2[C@@H](CC=CCCCC(=O)O)[C@H](Cl)C[C@H]2O)c1. The fraction of sp³-hybridized carbons (Fsp3) is 0.625. The highest BCUT2D eigenvalue weighted by atomic mass is 35.5. The number of aliphatic carboxylic acids is 1. The number of aliphatic hydroxyl groups is 2. The monoisotopic (exact) mass is 422 g/mol. The summed E-state index contributed by atoms with van der Waals surface area (Å²) >= 11 is 6.57. The maximum absolute atomic E-state index is 10.7. The zero-order chi connectivity index (χ0) is 21.2. The molecule has 2 rings (SSSR count). The van der Waals surface area contributed by atoms with E-state index in [2.05, 4.69) is 13.0 Å². The average Bonchev–Trinajstić information content (AvgIpc) is 2.97. The molecule has 1 aromatic rings. The molecule has 0 bridgehead atoms. The third-order valence-corrected chi connectivity index (χ3v) is 6.41. The maximum Gasteiger partial charge on any atom is 0.303 e. The van der Waals surface area contributed by atoms with Crippen molar-refractivity contribution < 1.29 is 20.1 Å². The van der Waals surface area contributed by atoms with Crippen molar-refractivity contribution in [2.45, 2.75) is 88.2 Å². The predicted molar refractivity (Wildman–Crippen MR) is 117 cm³/mol. The summed E-state index contributed by atoms with van der Waals surface area (Å²) in [4.78, 5) is 10.6. The Morgan fingerprint density at radius 1 is 1.28 bits per heavy atom. The lowest BCUT2D eigenvalue weighted by Gasteiger charge is -2.24. The Morgan fingerprint density at radius 3 is 2.79 bits per heavy atom. The molecular formula is C24H35ClO4. The number of carboxylic acids is 1. The highest BCUT2D eigenvalue weighted by Crippen LogP contribution is 2.45. The van der Waals surface area contributed by atoms with E-state index < -0.39 is 18.2 Å². The van der Waals surface area contributed by atoms with E-state index in [1.54, 1.807) is 0 Å². The predicted octanol–water partition coefficient (Wildman–Crippen LogP) is 5.57. The number of hydrogen-bond donors (Lipinski definition) is 3. The highest BCUT2D eigenvalue weighted by Gasteiger charge is 2.41. The van der Waals surface area contributed by atoms with Crippen LogP contribution in [0.1, 0.15) is 87.9 Å². The largest absolute Gasteiger partial charge is 0.481 e. The van der Waals surface area contributed by atoms with Crippen LogP contribution < -0.4 is 0 Å². The van der Waals surface area contributed by atoms with E-state index in [0.29, 0.717) is 12.8 Å². The van der Waals surface area contributed by atoms with Crippen molar-refractivity contribution in [1.82, 2.24) is 0 Å². The lowest BCUT2D eigenvalue weighted by molar-refractivity contribution is -0.137. The van der Waals surface area contributed by atoms with Crippen LogP contribution in [0, 0.1) is 5.92 Å². The van der Waals surface area contributed by atoms with Crippen LogP contribution in [0.4, 0.5) is 0 Å². The Hall–Kier alpha value is -1.36. The van der Waals surface area contributed by atoms with E-state index in [0.717, 1.165) is 49.7 Å². The van der Waals surface area contributed by atoms with Crippen LogP contribution >= 0.6 is 11.6 Å². The van der Waals surface area contributed by atoms with Crippen LogP contribution in [0.2, 0.25) is 0 Å². The van der Waals surface area contributed by atoms with Gasteiger partial charge in [0.2, 0.25) is 0 Å². The van der Waals surface area contributed by atoms with E-state index in [1.165, 1.54) is 0 Å². The first kappa shape index (κ1) is 23.9. The quantitative estimate of drug-likeness (QED) is 0.233. The third-order valence-electron chi connectivity index (χ3n) is 5.90. The topological polar surface area (TPSA) is 77.8 Å². The van der Waals surface area contributed by atoms with E-state index in [9.17, 15) is 15.0 Å². The third kappa shape index (κ3) is 7.44. The van der Waals surface area contributed by atoms with Crippen LogP contribution in [0.5, 0.6) is 0 Å². The van der Waals surface area contributed by atoms with Crippen molar-refractivity contribution >= 4 is 17.6 Å². The molecule has 0 radical (unpaired) electrons. The van der Waals surface area contributed by atoms with Crippen LogP contribution in [-0.4, -0.2) is 32.8 Å². The first-order valence-electron chi connectivity index (χ1n) is 10.9. The molecule has 0 aromatic heterocycles. The highest BCUT2D eigenvalue weighted by molar-refractivity contribution is 6.21. The van der Waals surface area contributed by atoms with Gasteiger partial charge in [0.25, 0.3) is 0 Å². The van der Waals surface area contributed by atoms with E-state index in [-0.39, 0.29) is 23.6 Å². The van der Waals surface area contributed by atoms with Gasteiger partial charge in [0.05, 0.1) is 12.2 Å². The summed E-state index contributed by atoms with van der Waals surface area (Å²) in [7, 11) is 0. The van der Waals surface area contributed by atoms with Crippen molar-refractivity contribution in [2.75, 3.05) is 0 Å². The summed E-state index contributed by atoms with van der Waals surface area (Å²) in [5.41, 5.74) is 1.95. The molecule has 5 atom stereocenters. The molecule has 1 fully saturated rings. The average molecular weight is 423 g/mol. The Kier molecular flexibility index (Phi) is 10.2. The van der Waals surface area contributed by atoms with E-state index in [4.69, 9.17) is 16.7 Å². The van der Waals surface area contributed by atoms with Crippen molar-refractivity contribution in [3.63, 3.8) is 0 Å². The van der Waals surface area contributed by atoms with Gasteiger partial charge in [0, 0.05) is 17.7 Å². The summed E-state index contributed by atoms with van der Waals surface area (Å²) < 4.78 is 0. The Labute approximate surface area is 179 Å². The zero-order valence-corrected chi connectivity index (χ0v) is 18.1. The molecule has 4 nitrogen and oxygen atoms in total. The van der Waals surface area contributed by atoms with E-state index >= 15 is 0 Å². The van der Waals surface area contributed by atoms with Crippen molar-refractivity contribution in [1.29, 1.82) is 0 Å². The van der Waals surface area contributed by atoms with Gasteiger partial charge in [-0.05, 0) is 49.1 Å². The number of carbonyl (C=O) groups is 1. The van der Waals surface area contributed by atoms with Crippen molar-refractivity contribution in [3.05, 3.63) is 47.5 Å². The van der Waals surface area contributed by atoms with Crippen LogP contribution in [0.3, 0.4) is 0 Å². The second kappa shape index (κ2) is 12.4. The molecule has 1 saturated carbocycles. The van der Waals surface area contributed by atoms with E-state index in [1.807, 2.05) is 30.3 Å². The standard InChI is InChI=1S/C24H35ClO4/c1-2-3-6-13-21(26)17-10-9-11-18(15-17)24-19(20(25)16-22(24)27)12-7-4-5-8-14-23(28)29/h4,7,9-11,15,19-22,24,26-27H,2-3,5-6,8,12-14,16H2,1H3,(H,28,29)/t19-,20+,21?,22+,24+/m0/s1. The second-order valence-corrected chi connectivity index (χ2v) is 8.74. The van der Waals surface area contributed by atoms with Gasteiger partial charge in [-0.25, -0.2) is 0 Å². The molecule has 3 N–H and O–H groups in total. The summed E-state index contributed by atoms with van der Waals surface area (Å²) in [6.07, 6.45) is 9.99. The lowest BCUT2D eigenvalue weighted by Crippen LogP contribution is -2.18. The van der Waals surface area contributed by atoms with Gasteiger partial charge in [-0.15, -0.1) is 11.6 Å². The number of carboxylic acid groups (broad SMARTS) is 1. The number of halogens is 1. The molecular weight excluding hydrogens is 388 g/mol. The minimum atomic E-state index is -0.769. The molecule has 0 spiro atoms. The summed E-state index contributed by atoms with van der Waals surface area (Å²) in [5, 5.41) is 29.8. The molecule has 0 amide bonds. The Balaban J connectivity index is 2.03. The van der Waals surface area contributed by atoms with Crippen LogP contribution in [-0.2, 0) is 4.79 Å². The molecule has 0 heterocycles. The van der Waals surface area contributed by atoms with Crippen molar-refractivity contribution in [2.24, 2.45) is 5.92 Å². The molecule has 1 aliphatic rings. The molecule has 1 unspecified atom stereocenters. The molecule has 29 heavy (non-hydrogen) atoms. The second-order valence-electron chi connectivity index (χ2n) is 8.18. The molecule has 1 aromatic carbocycles. The number of hydrogen-bond acceptors (Lipinski definition) is 3. The van der Waals surface area contributed by atoms with Gasteiger partial charge in [0.15, 0.2) is 0 Å². The minimum Gasteiger partial charge on any atom is -0.481 e. The number of alkyl halides is 1. The van der Waals surface area contributed by atoms with Gasteiger partial charge >= 0.3 is 5.97 Å². The van der Waals surface area contributed by atoms with Crippen LogP contribution in [0.25, 0.3) is 0 Å². The molecule has 162 valence electrons. The van der Waals surface area contributed by atoms with Gasteiger partial charge in [-0.3, -0.25) is 4.79 Å². The first-order valence-corrected chi connectivity index (χ1v) is 11.3. The summed E-state index contributed by atoms with van der Waals surface area (Å²) in [6.45, 7) is 2.15. The molecule has 1 aliphatic carbocycles. The normalized spacial score (nSPS) is 25.5. The number of rotatable bonds is 12. The fourth-order valence-corrected chi connectivity index (χ4v) is 4.74. The van der Waals surface area contributed by atoms with Gasteiger partial charge < -0.3 is 15.3 Å². The smallest absolute Gasteiger partial charge is 0.303 e. The zero-order valence-electron chi connectivity index (χ0n) is 17.3. The van der Waals surface area contributed by atoms with Crippen LogP contribution in [0.15, 0.2) is 36.4 Å². The fourth-order valence-electron chi connectivity index (χ4n) is 4.30. The van der Waals surface area contributed by atoms with Gasteiger partial charge in [-0.2, -0.15) is 0 Å².